The van der Waals surface area contributed by atoms with Gasteiger partial charge in [0, 0.05) is 0 Å². The Morgan fingerprint density at radius 3 is 2.19 bits per heavy atom. The summed E-state index contributed by atoms with van der Waals surface area (Å²) in [6, 6.07) is 2.57. The molecule has 7 heteroatoms. The number of nitrogens with two attached hydrogens (primary N) is 1. The molecule has 1 aromatic rings. The predicted molar refractivity (Wildman–Crippen MR) is 83.2 cm³/mol. The molecule has 16 heavy (non-hydrogen) atoms. The number of phenolic OH excluding ortho intramolecular Hbond substituents is 1. The number of hydrogen-bond donors (Lipinski definition) is 3. The molecule has 0 spiro atoms. The highest BCUT2D eigenvalue weighted by atomic mass is 127. The van der Waals surface area contributed by atoms with Crippen LogP contribution in [0.25, 0.3) is 0 Å². The van der Waals surface area contributed by atoms with Gasteiger partial charge in [-0.3, -0.25) is 4.79 Å². The van der Waals surface area contributed by atoms with E-state index in [1.807, 2.05) is 45.2 Å². The molecule has 0 radical (unpaired) electrons. The Morgan fingerprint density at radius 1 is 1.38 bits per heavy atom. The van der Waals surface area contributed by atoms with Crippen molar-refractivity contribution >= 4 is 64.6 Å². The summed E-state index contributed by atoms with van der Waals surface area (Å²) in [5.74, 6) is -0.795. The molecule has 0 aliphatic heterocycles. The summed E-state index contributed by atoms with van der Waals surface area (Å²) in [5.41, 5.74) is 6.24. The van der Waals surface area contributed by atoms with Gasteiger partial charge in [-0.25, -0.2) is 0 Å². The van der Waals surface area contributed by atoms with Crippen LogP contribution in [0.2, 0.25) is 0 Å². The van der Waals surface area contributed by atoms with Crippen LogP contribution in [0.15, 0.2) is 12.1 Å². The van der Waals surface area contributed by atoms with Gasteiger partial charge in [0.25, 0.3) is 0 Å². The molecule has 1 unspecified atom stereocenters. The Kier molecular flexibility index (Phi) is 6.98. The van der Waals surface area contributed by atoms with Crippen LogP contribution in [0.5, 0.6) is 5.75 Å². The van der Waals surface area contributed by atoms with E-state index in [2.05, 4.69) is 0 Å². The van der Waals surface area contributed by atoms with Gasteiger partial charge in [0.2, 0.25) is 0 Å². The number of carboxylic acid groups (broad SMARTS) is 1. The fourth-order valence-corrected chi connectivity index (χ4v) is 2.97. The zero-order chi connectivity index (χ0) is 11.6. The zero-order valence-corrected chi connectivity index (χ0v) is 13.4. The van der Waals surface area contributed by atoms with E-state index in [4.69, 9.17) is 10.8 Å². The maximum atomic E-state index is 10.6. The molecular formula is C9H11I2NO3S. The van der Waals surface area contributed by atoms with Gasteiger partial charge in [-0.15, -0.1) is 0 Å². The van der Waals surface area contributed by atoms with E-state index < -0.39 is 12.0 Å². The molecule has 0 aliphatic rings. The van der Waals surface area contributed by atoms with Crippen LogP contribution in [-0.2, 0) is 11.2 Å². The molecule has 0 aliphatic carbocycles. The van der Waals surface area contributed by atoms with Gasteiger partial charge in [0.05, 0.1) is 7.14 Å². The van der Waals surface area contributed by atoms with Crippen LogP contribution in [0.1, 0.15) is 5.56 Å². The van der Waals surface area contributed by atoms with E-state index in [-0.39, 0.29) is 25.7 Å². The van der Waals surface area contributed by atoms with Crippen molar-refractivity contribution in [2.45, 2.75) is 12.5 Å². The first-order valence-corrected chi connectivity index (χ1v) is 6.23. The summed E-state index contributed by atoms with van der Waals surface area (Å²) in [5, 5.41) is 18.2. The van der Waals surface area contributed by atoms with Crippen molar-refractivity contribution in [1.82, 2.24) is 0 Å². The monoisotopic (exact) mass is 467 g/mol. The SMILES string of the molecule is NC(Cc1cc(I)c(O)c(I)c1)C(=O)O.S. The van der Waals surface area contributed by atoms with Crippen molar-refractivity contribution in [1.29, 1.82) is 0 Å². The molecule has 0 bridgehead atoms. The van der Waals surface area contributed by atoms with Gasteiger partial charge in [0.15, 0.2) is 0 Å². The highest BCUT2D eigenvalue weighted by Gasteiger charge is 2.14. The Hall–Kier alpha value is 0.260. The Morgan fingerprint density at radius 2 is 1.81 bits per heavy atom. The van der Waals surface area contributed by atoms with Crippen molar-refractivity contribution in [3.8, 4) is 5.75 Å². The van der Waals surface area contributed by atoms with Crippen LogP contribution in [-0.4, -0.2) is 22.2 Å². The lowest BCUT2D eigenvalue weighted by molar-refractivity contribution is -0.138. The van der Waals surface area contributed by atoms with Gasteiger partial charge in [-0.1, -0.05) is 0 Å². The molecule has 0 heterocycles. The Labute approximate surface area is 127 Å². The third-order valence-electron chi connectivity index (χ3n) is 1.85. The molecule has 0 saturated heterocycles. The summed E-state index contributed by atoms with van der Waals surface area (Å²) >= 11 is 3.99. The molecule has 1 rings (SSSR count). The molecule has 0 aromatic heterocycles. The Balaban J connectivity index is 0.00000225. The number of phenols is 1. The maximum absolute atomic E-state index is 10.6. The lowest BCUT2D eigenvalue weighted by Gasteiger charge is -2.08. The highest BCUT2D eigenvalue weighted by molar-refractivity contribution is 14.1. The number of benzene rings is 1. The molecule has 4 nitrogen and oxygen atoms in total. The number of carbonyl (C=O) groups is 1. The molecular weight excluding hydrogens is 456 g/mol. The van der Waals surface area contributed by atoms with Gasteiger partial charge in [0.1, 0.15) is 11.8 Å². The number of carboxylic acids is 1. The van der Waals surface area contributed by atoms with Gasteiger partial charge in [-0.2, -0.15) is 13.5 Å². The van der Waals surface area contributed by atoms with Crippen LogP contribution >= 0.6 is 58.7 Å². The summed E-state index contributed by atoms with van der Waals surface area (Å²) < 4.78 is 1.40. The third kappa shape index (κ3) is 4.26. The van der Waals surface area contributed by atoms with Crippen LogP contribution in [0.3, 0.4) is 0 Å². The van der Waals surface area contributed by atoms with Crippen molar-refractivity contribution in [2.24, 2.45) is 5.73 Å². The van der Waals surface area contributed by atoms with Crippen LogP contribution in [0, 0.1) is 7.14 Å². The number of rotatable bonds is 3. The summed E-state index contributed by atoms with van der Waals surface area (Å²) in [7, 11) is 0. The predicted octanol–water partition coefficient (Wildman–Crippen LogP) is 1.67. The van der Waals surface area contributed by atoms with Crippen LogP contribution in [0.4, 0.5) is 0 Å². The second-order valence-corrected chi connectivity index (χ2v) is 5.38. The lowest BCUT2D eigenvalue weighted by Crippen LogP contribution is -2.32. The standard InChI is InChI=1S/C9H9I2NO3.H2S/c10-5-1-4(2-6(11)8(5)13)3-7(12)9(14)15;/h1-2,7,13H,3,12H2,(H,14,15);1H2. The minimum atomic E-state index is -1.02. The second kappa shape index (κ2) is 6.87. The van der Waals surface area contributed by atoms with Crippen LogP contribution < -0.4 is 5.73 Å². The molecule has 0 fully saturated rings. The zero-order valence-electron chi connectivity index (χ0n) is 8.08. The van der Waals surface area contributed by atoms with E-state index in [1.54, 1.807) is 12.1 Å². The number of aliphatic carboxylic acids is 1. The van der Waals surface area contributed by atoms with E-state index in [9.17, 15) is 9.90 Å². The average Bonchev–Trinajstić information content (AvgIpc) is 2.13. The fraction of sp³-hybridized carbons (Fsp3) is 0.222. The Bertz CT molecular complexity index is 377. The third-order valence-corrected chi connectivity index (χ3v) is 3.49. The first-order valence-electron chi connectivity index (χ1n) is 4.07. The van der Waals surface area contributed by atoms with E-state index >= 15 is 0 Å². The van der Waals surface area contributed by atoms with Gasteiger partial charge in [-0.05, 0) is 69.3 Å². The van der Waals surface area contributed by atoms with Crippen molar-refractivity contribution in [2.75, 3.05) is 0 Å². The molecule has 90 valence electrons. The first kappa shape index (κ1) is 16.3. The first-order chi connectivity index (χ1) is 6.91. The quantitative estimate of drug-likeness (QED) is 0.592. The van der Waals surface area contributed by atoms with Crippen molar-refractivity contribution in [3.63, 3.8) is 0 Å². The summed E-state index contributed by atoms with van der Waals surface area (Å²) in [6.07, 6.45) is 0.265. The molecule has 0 saturated carbocycles. The summed E-state index contributed by atoms with van der Waals surface area (Å²) in [4.78, 5) is 10.6. The fourth-order valence-electron chi connectivity index (χ4n) is 1.08. The molecule has 4 N–H and O–H groups in total. The summed E-state index contributed by atoms with van der Waals surface area (Å²) in [6.45, 7) is 0. The van der Waals surface area contributed by atoms with Gasteiger partial charge >= 0.3 is 5.97 Å². The van der Waals surface area contributed by atoms with E-state index in [1.165, 1.54) is 0 Å². The lowest BCUT2D eigenvalue weighted by atomic mass is 10.1. The minimum absolute atomic E-state index is 0. The smallest absolute Gasteiger partial charge is 0.320 e. The highest BCUT2D eigenvalue weighted by Crippen LogP contribution is 2.27. The largest absolute Gasteiger partial charge is 0.506 e. The van der Waals surface area contributed by atoms with E-state index in [0.717, 1.165) is 5.56 Å². The van der Waals surface area contributed by atoms with Gasteiger partial charge < -0.3 is 15.9 Å². The van der Waals surface area contributed by atoms with Crippen molar-refractivity contribution < 1.29 is 15.0 Å². The molecule has 1 atom stereocenters. The van der Waals surface area contributed by atoms with E-state index in [0.29, 0.717) is 7.14 Å². The molecule has 1 aromatic carbocycles. The van der Waals surface area contributed by atoms with Crippen molar-refractivity contribution in [3.05, 3.63) is 24.8 Å². The maximum Gasteiger partial charge on any atom is 0.320 e. The topological polar surface area (TPSA) is 83.5 Å². The number of aromatic hydroxyl groups is 1. The number of halogens is 2. The molecule has 0 amide bonds. The second-order valence-electron chi connectivity index (χ2n) is 3.06. The average molecular weight is 467 g/mol. The normalized spacial score (nSPS) is 11.7. The minimum Gasteiger partial charge on any atom is -0.506 e. The number of hydrogen-bond acceptors (Lipinski definition) is 3.